The van der Waals surface area contributed by atoms with E-state index in [4.69, 9.17) is 0 Å². The van der Waals surface area contributed by atoms with E-state index < -0.39 is 5.66 Å². The number of aromatic hydroxyl groups is 1. The van der Waals surface area contributed by atoms with Gasteiger partial charge in [0.15, 0.2) is 5.43 Å². The average molecular weight is 660 g/mol. The molecular formula is C36H37N9O4. The molecule has 1 unspecified atom stereocenters. The molecule has 3 aliphatic rings. The Kier molecular flexibility index (Phi) is 7.94. The zero-order chi connectivity index (χ0) is 33.5. The summed E-state index contributed by atoms with van der Waals surface area (Å²) in [7, 11) is 0. The highest BCUT2D eigenvalue weighted by Crippen LogP contribution is 2.38. The minimum absolute atomic E-state index is 0.0343. The molecule has 250 valence electrons. The molecule has 2 aromatic heterocycles. The molecule has 1 fully saturated rings. The van der Waals surface area contributed by atoms with E-state index >= 15 is 0 Å². The molecule has 1 atom stereocenters. The van der Waals surface area contributed by atoms with Crippen molar-refractivity contribution in [2.45, 2.75) is 18.5 Å². The van der Waals surface area contributed by atoms with Gasteiger partial charge in [-0.3, -0.25) is 14.9 Å². The second kappa shape index (κ2) is 12.6. The van der Waals surface area contributed by atoms with Crippen molar-refractivity contribution in [3.8, 4) is 5.75 Å². The third-order valence-corrected chi connectivity index (χ3v) is 9.89. The highest BCUT2D eigenvalue weighted by molar-refractivity contribution is 6.06. The Bertz CT molecular complexity index is 2220. The smallest absolute Gasteiger partial charge is 0.322 e. The second-order valence-corrected chi connectivity index (χ2v) is 12.9. The van der Waals surface area contributed by atoms with Crippen LogP contribution in [0.1, 0.15) is 18.4 Å². The van der Waals surface area contributed by atoms with Crippen LogP contribution in [-0.2, 0) is 0 Å². The standard InChI is InChI=1S/C36H37N9O4/c46-25-9-12-32-26(23-25)35(47)33-30(10-11-31-34(33)44(32)41-40-31)37-14-4-16-42-18-20-43(21-19-42)17-5-15-38-36(45(48)49)13-3-8-29-27(36)22-24-6-1-2-7-28(24)39-29/h1-3,6-13,22-23,37-39,46H,4-5,14-21H2. The van der Waals surface area contributed by atoms with E-state index in [0.717, 1.165) is 74.7 Å². The van der Waals surface area contributed by atoms with Gasteiger partial charge in [0.05, 0.1) is 32.5 Å². The summed E-state index contributed by atoms with van der Waals surface area (Å²) >= 11 is 0. The van der Waals surface area contributed by atoms with E-state index in [2.05, 4.69) is 36.1 Å². The zero-order valence-electron chi connectivity index (χ0n) is 26.9. The molecule has 0 spiro atoms. The van der Waals surface area contributed by atoms with Crippen LogP contribution in [0.25, 0.3) is 33.4 Å². The molecule has 0 radical (unpaired) electrons. The number of phenols is 1. The molecule has 13 nitrogen and oxygen atoms in total. The number of para-hydroxylation sites is 1. The van der Waals surface area contributed by atoms with Crippen LogP contribution >= 0.6 is 0 Å². The average Bonchev–Trinajstić information content (AvgIpc) is 3.55. The van der Waals surface area contributed by atoms with Gasteiger partial charge in [-0.2, -0.15) is 0 Å². The van der Waals surface area contributed by atoms with Gasteiger partial charge in [-0.1, -0.05) is 29.5 Å². The summed E-state index contributed by atoms with van der Waals surface area (Å²) in [6.07, 6.45) is 8.91. The first-order valence-corrected chi connectivity index (χ1v) is 16.7. The molecule has 0 bridgehead atoms. The largest absolute Gasteiger partial charge is 0.508 e. The fourth-order valence-electron chi connectivity index (χ4n) is 7.31. The number of allylic oxidation sites excluding steroid dienone is 2. The monoisotopic (exact) mass is 659 g/mol. The van der Waals surface area contributed by atoms with Gasteiger partial charge in [-0.15, -0.1) is 5.10 Å². The van der Waals surface area contributed by atoms with E-state index in [1.54, 1.807) is 28.8 Å². The van der Waals surface area contributed by atoms with Gasteiger partial charge in [0.2, 0.25) is 0 Å². The highest BCUT2D eigenvalue weighted by Gasteiger charge is 2.47. The molecule has 1 saturated heterocycles. The molecule has 0 amide bonds. The topological polar surface area (TPSA) is 153 Å². The molecular weight excluding hydrogens is 622 g/mol. The molecule has 5 aromatic rings. The van der Waals surface area contributed by atoms with Crippen LogP contribution in [0.2, 0.25) is 0 Å². The lowest BCUT2D eigenvalue weighted by Gasteiger charge is -2.35. The van der Waals surface area contributed by atoms with Gasteiger partial charge < -0.3 is 25.5 Å². The Morgan fingerprint density at radius 1 is 1.00 bits per heavy atom. The summed E-state index contributed by atoms with van der Waals surface area (Å²) in [5.41, 5.74) is 4.32. The molecule has 0 saturated carbocycles. The summed E-state index contributed by atoms with van der Waals surface area (Å²) < 4.78 is 1.67. The summed E-state index contributed by atoms with van der Waals surface area (Å²) in [5, 5.41) is 42.0. The Balaban J connectivity index is 0.820. The number of nitrogens with zero attached hydrogens (tertiary/aromatic N) is 6. The number of anilines is 2. The highest BCUT2D eigenvalue weighted by atomic mass is 16.6. The number of hydrogen-bond donors (Lipinski definition) is 4. The van der Waals surface area contributed by atoms with E-state index in [-0.39, 0.29) is 16.1 Å². The van der Waals surface area contributed by atoms with E-state index in [1.165, 1.54) is 6.07 Å². The van der Waals surface area contributed by atoms with Crippen molar-refractivity contribution in [3.63, 3.8) is 0 Å². The lowest BCUT2D eigenvalue weighted by Crippen LogP contribution is -2.54. The van der Waals surface area contributed by atoms with E-state index in [9.17, 15) is 20.0 Å². The summed E-state index contributed by atoms with van der Waals surface area (Å²) in [6, 6.07) is 16.3. The zero-order valence-corrected chi connectivity index (χ0v) is 26.9. The number of benzene rings is 3. The number of piperazine rings is 1. The number of phenolic OH excluding ortho intramolecular Hbond substituents is 1. The lowest BCUT2D eigenvalue weighted by atomic mass is 9.87. The van der Waals surface area contributed by atoms with Crippen LogP contribution in [0.5, 0.6) is 5.75 Å². The van der Waals surface area contributed by atoms with Crippen molar-refractivity contribution >= 4 is 44.8 Å². The van der Waals surface area contributed by atoms with Crippen molar-refractivity contribution in [1.82, 2.24) is 29.9 Å². The first-order chi connectivity index (χ1) is 23.9. The third-order valence-electron chi connectivity index (χ3n) is 9.89. The predicted octanol–water partition coefficient (Wildman–Crippen LogP) is 3.87. The summed E-state index contributed by atoms with van der Waals surface area (Å²) in [4.78, 5) is 30.6. The van der Waals surface area contributed by atoms with Crippen molar-refractivity contribution in [1.29, 1.82) is 0 Å². The van der Waals surface area contributed by atoms with Gasteiger partial charge in [0, 0.05) is 56.7 Å². The first-order valence-electron chi connectivity index (χ1n) is 16.7. The van der Waals surface area contributed by atoms with Crippen molar-refractivity contribution in [2.24, 2.45) is 0 Å². The number of nitrogens with one attached hydrogen (secondary N) is 3. The minimum atomic E-state index is -1.47. The Hall–Kier alpha value is -5.37. The number of hydrogen-bond acceptors (Lipinski definition) is 11. The quantitative estimate of drug-likeness (QED) is 0.0537. The molecule has 3 aromatic carbocycles. The van der Waals surface area contributed by atoms with Crippen molar-refractivity contribution < 1.29 is 10.0 Å². The van der Waals surface area contributed by atoms with E-state index in [1.807, 2.05) is 48.6 Å². The number of pyridine rings is 1. The SMILES string of the molecule is O=c1c2cc(O)ccc2n2nnc3ccc(NCCCN4CCN(CCCNC5([N+](=O)[O-])C=CC=C6Nc7ccccc7C=C65)CC4)c1c32. The van der Waals surface area contributed by atoms with Gasteiger partial charge in [0.25, 0.3) is 0 Å². The van der Waals surface area contributed by atoms with Crippen molar-refractivity contribution in [2.75, 3.05) is 63.0 Å². The summed E-state index contributed by atoms with van der Waals surface area (Å²) in [6.45, 7) is 6.84. The van der Waals surface area contributed by atoms with Gasteiger partial charge in [-0.25, -0.2) is 9.83 Å². The number of nitro groups is 1. The molecule has 13 heteroatoms. The molecule has 8 rings (SSSR count). The molecule has 4 heterocycles. The maximum absolute atomic E-state index is 13.5. The fourth-order valence-corrected chi connectivity index (χ4v) is 7.31. The Labute approximate surface area is 281 Å². The van der Waals surface area contributed by atoms with E-state index in [0.29, 0.717) is 46.0 Å². The first kappa shape index (κ1) is 30.9. The van der Waals surface area contributed by atoms with Gasteiger partial charge in [0.1, 0.15) is 16.8 Å². The molecule has 4 N–H and O–H groups in total. The van der Waals surface area contributed by atoms with Crippen LogP contribution in [0.15, 0.2) is 88.9 Å². The number of rotatable bonds is 11. The van der Waals surface area contributed by atoms with Crippen LogP contribution in [0, 0.1) is 10.1 Å². The van der Waals surface area contributed by atoms with Crippen molar-refractivity contribution in [3.05, 3.63) is 110 Å². The lowest BCUT2D eigenvalue weighted by molar-refractivity contribution is -0.550. The fraction of sp³-hybridized carbons (Fsp3) is 0.306. The molecule has 49 heavy (non-hydrogen) atoms. The second-order valence-electron chi connectivity index (χ2n) is 12.9. The Morgan fingerprint density at radius 3 is 2.57 bits per heavy atom. The number of aromatic nitrogens is 3. The number of fused-ring (bicyclic) bond motifs is 4. The normalized spacial score (nSPS) is 19.4. The predicted molar refractivity (Wildman–Crippen MR) is 191 cm³/mol. The third kappa shape index (κ3) is 5.55. The molecule has 2 aliphatic heterocycles. The van der Waals surface area contributed by atoms with Crippen LogP contribution in [-0.4, -0.2) is 92.7 Å². The minimum Gasteiger partial charge on any atom is -0.508 e. The Morgan fingerprint density at radius 2 is 1.78 bits per heavy atom. The maximum Gasteiger partial charge on any atom is 0.322 e. The maximum atomic E-state index is 13.5. The van der Waals surface area contributed by atoms with Gasteiger partial charge >= 0.3 is 5.66 Å². The molecule has 1 aliphatic carbocycles. The van der Waals surface area contributed by atoms with Gasteiger partial charge in [-0.05, 0) is 80.0 Å². The van der Waals surface area contributed by atoms with Crippen LogP contribution in [0.4, 0.5) is 11.4 Å². The summed E-state index contributed by atoms with van der Waals surface area (Å²) in [5.74, 6) is 0.0343. The van der Waals surface area contributed by atoms with Crippen LogP contribution in [0.3, 0.4) is 0 Å². The van der Waals surface area contributed by atoms with Crippen LogP contribution < -0.4 is 21.4 Å².